The Hall–Kier alpha value is -3.60. The molecule has 0 saturated heterocycles. The van der Waals surface area contributed by atoms with Crippen LogP contribution < -0.4 is 9.47 Å². The van der Waals surface area contributed by atoms with Crippen molar-refractivity contribution in [2.45, 2.75) is 6.42 Å². The minimum Gasteiger partial charge on any atom is -0.497 e. The van der Waals surface area contributed by atoms with Gasteiger partial charge in [-0.1, -0.05) is 53.7 Å². The second-order valence-electron chi connectivity index (χ2n) is 6.29. The van der Waals surface area contributed by atoms with Crippen LogP contribution in [0.5, 0.6) is 11.5 Å². The molecule has 0 unspecified atom stereocenters. The van der Waals surface area contributed by atoms with Crippen molar-refractivity contribution in [3.8, 4) is 22.6 Å². The molecule has 0 N–H and O–H groups in total. The maximum absolute atomic E-state index is 12.7. The molecule has 0 fully saturated rings. The standard InChI is InChI=1S/C23H19NO4/c1-26-17-11-12-20-21(13-14-27-22(20)15-17)24-28-23(25)19-10-6-5-9-18(19)16-7-3-2-4-8-16/h2-12,15H,13-14H2,1H3/b24-21+. The lowest BCUT2D eigenvalue weighted by Gasteiger charge is -2.19. The van der Waals surface area contributed by atoms with Crippen molar-refractivity contribution in [3.05, 3.63) is 83.9 Å². The van der Waals surface area contributed by atoms with Gasteiger partial charge in [-0.25, -0.2) is 4.79 Å². The Morgan fingerprint density at radius 3 is 2.57 bits per heavy atom. The van der Waals surface area contributed by atoms with Crippen molar-refractivity contribution >= 4 is 11.7 Å². The van der Waals surface area contributed by atoms with Crippen molar-refractivity contribution in [1.29, 1.82) is 0 Å². The van der Waals surface area contributed by atoms with Gasteiger partial charge in [-0.05, 0) is 29.3 Å². The molecule has 5 heteroatoms. The molecule has 5 nitrogen and oxygen atoms in total. The van der Waals surface area contributed by atoms with Gasteiger partial charge in [0.1, 0.15) is 11.5 Å². The highest BCUT2D eigenvalue weighted by atomic mass is 16.7. The third kappa shape index (κ3) is 3.60. The number of methoxy groups -OCH3 is 1. The fourth-order valence-corrected chi connectivity index (χ4v) is 3.15. The Kier molecular flexibility index (Phi) is 5.06. The zero-order chi connectivity index (χ0) is 19.3. The van der Waals surface area contributed by atoms with Gasteiger partial charge in [-0.3, -0.25) is 0 Å². The first-order chi connectivity index (χ1) is 13.8. The van der Waals surface area contributed by atoms with Gasteiger partial charge in [0.05, 0.1) is 25.0 Å². The molecule has 1 aliphatic heterocycles. The summed E-state index contributed by atoms with van der Waals surface area (Å²) in [6.45, 7) is 0.469. The number of ether oxygens (including phenoxy) is 2. The van der Waals surface area contributed by atoms with E-state index in [0.717, 1.165) is 16.7 Å². The first kappa shape index (κ1) is 17.8. The van der Waals surface area contributed by atoms with Crippen molar-refractivity contribution < 1.29 is 19.1 Å². The Labute approximate surface area is 163 Å². The van der Waals surface area contributed by atoms with Crippen LogP contribution in [0.3, 0.4) is 0 Å². The molecule has 0 spiro atoms. The number of carbonyl (C=O) groups excluding carboxylic acids is 1. The lowest BCUT2D eigenvalue weighted by molar-refractivity contribution is 0.0515. The number of hydrogen-bond donors (Lipinski definition) is 0. The number of oxime groups is 1. The van der Waals surface area contributed by atoms with Gasteiger partial charge < -0.3 is 14.3 Å². The van der Waals surface area contributed by atoms with Crippen molar-refractivity contribution in [2.75, 3.05) is 13.7 Å². The maximum Gasteiger partial charge on any atom is 0.366 e. The average molecular weight is 373 g/mol. The second kappa shape index (κ2) is 7.96. The van der Waals surface area contributed by atoms with Crippen molar-refractivity contribution in [2.24, 2.45) is 5.16 Å². The van der Waals surface area contributed by atoms with Gasteiger partial charge in [0.2, 0.25) is 0 Å². The molecule has 0 radical (unpaired) electrons. The molecule has 4 rings (SSSR count). The Bertz CT molecular complexity index is 1030. The van der Waals surface area contributed by atoms with Crippen molar-refractivity contribution in [3.63, 3.8) is 0 Å². The third-order valence-corrected chi connectivity index (χ3v) is 4.57. The fourth-order valence-electron chi connectivity index (χ4n) is 3.15. The topological polar surface area (TPSA) is 57.1 Å². The van der Waals surface area contributed by atoms with Gasteiger partial charge >= 0.3 is 5.97 Å². The zero-order valence-electron chi connectivity index (χ0n) is 15.4. The summed E-state index contributed by atoms with van der Waals surface area (Å²) in [6.07, 6.45) is 0.562. The summed E-state index contributed by atoms with van der Waals surface area (Å²) in [5.74, 6) is 0.882. The summed E-state index contributed by atoms with van der Waals surface area (Å²) in [6, 6.07) is 22.6. The van der Waals surface area contributed by atoms with E-state index in [9.17, 15) is 4.79 Å². The van der Waals surface area contributed by atoms with E-state index in [0.29, 0.717) is 35.8 Å². The number of carbonyl (C=O) groups is 1. The van der Waals surface area contributed by atoms with Gasteiger partial charge in [0, 0.05) is 18.1 Å². The molecule has 3 aromatic rings. The molecular weight excluding hydrogens is 354 g/mol. The lowest BCUT2D eigenvalue weighted by Crippen LogP contribution is -2.17. The minimum absolute atomic E-state index is 0.469. The molecule has 1 heterocycles. The lowest BCUT2D eigenvalue weighted by atomic mass is 10.00. The first-order valence-corrected chi connectivity index (χ1v) is 9.00. The van der Waals surface area contributed by atoms with E-state index in [4.69, 9.17) is 14.3 Å². The van der Waals surface area contributed by atoms with E-state index in [2.05, 4.69) is 5.16 Å². The summed E-state index contributed by atoms with van der Waals surface area (Å²) < 4.78 is 10.9. The second-order valence-corrected chi connectivity index (χ2v) is 6.29. The Balaban J connectivity index is 1.60. The summed E-state index contributed by atoms with van der Waals surface area (Å²) in [5, 5.41) is 4.14. The molecule has 1 aliphatic rings. The first-order valence-electron chi connectivity index (χ1n) is 9.00. The van der Waals surface area contributed by atoms with Crippen molar-refractivity contribution in [1.82, 2.24) is 0 Å². The number of benzene rings is 3. The molecule has 0 bridgehead atoms. The SMILES string of the molecule is COc1ccc2c(c1)OCC/C2=N\OC(=O)c1ccccc1-c1ccccc1. The quantitative estimate of drug-likeness (QED) is 0.491. The van der Waals surface area contributed by atoms with Crippen LogP contribution in [0.2, 0.25) is 0 Å². The molecule has 28 heavy (non-hydrogen) atoms. The average Bonchev–Trinajstić information content (AvgIpc) is 2.77. The van der Waals surface area contributed by atoms with E-state index in [1.807, 2.05) is 60.7 Å². The third-order valence-electron chi connectivity index (χ3n) is 4.57. The van der Waals surface area contributed by atoms with Crippen LogP contribution in [-0.4, -0.2) is 25.4 Å². The number of hydrogen-bond acceptors (Lipinski definition) is 5. The van der Waals surface area contributed by atoms with Crippen LogP contribution >= 0.6 is 0 Å². The van der Waals surface area contributed by atoms with Gasteiger partial charge in [0.25, 0.3) is 0 Å². The van der Waals surface area contributed by atoms with Crippen LogP contribution in [-0.2, 0) is 4.84 Å². The van der Waals surface area contributed by atoms with Gasteiger partial charge in [-0.2, -0.15) is 0 Å². The summed E-state index contributed by atoms with van der Waals surface area (Å²) in [7, 11) is 1.60. The highest BCUT2D eigenvalue weighted by Gasteiger charge is 2.20. The van der Waals surface area contributed by atoms with Crippen LogP contribution in [0.15, 0.2) is 78.0 Å². The Morgan fingerprint density at radius 2 is 1.75 bits per heavy atom. The van der Waals surface area contributed by atoms with Crippen LogP contribution in [0.25, 0.3) is 11.1 Å². The smallest absolute Gasteiger partial charge is 0.366 e. The predicted molar refractivity (Wildman–Crippen MR) is 107 cm³/mol. The zero-order valence-corrected chi connectivity index (χ0v) is 15.4. The molecule has 0 saturated carbocycles. The van der Waals surface area contributed by atoms with E-state index in [1.54, 1.807) is 19.2 Å². The summed E-state index contributed by atoms with van der Waals surface area (Å²) in [4.78, 5) is 18.0. The highest BCUT2D eigenvalue weighted by Crippen LogP contribution is 2.30. The molecule has 0 amide bonds. The number of rotatable bonds is 4. The predicted octanol–water partition coefficient (Wildman–Crippen LogP) is 4.71. The van der Waals surface area contributed by atoms with E-state index >= 15 is 0 Å². The van der Waals surface area contributed by atoms with Gasteiger partial charge in [0.15, 0.2) is 0 Å². The monoisotopic (exact) mass is 373 g/mol. The molecule has 0 aliphatic carbocycles. The molecule has 0 aromatic heterocycles. The Morgan fingerprint density at radius 1 is 0.964 bits per heavy atom. The van der Waals surface area contributed by atoms with Crippen LogP contribution in [0, 0.1) is 0 Å². The van der Waals surface area contributed by atoms with Crippen LogP contribution in [0.1, 0.15) is 22.3 Å². The van der Waals surface area contributed by atoms with E-state index in [-0.39, 0.29) is 0 Å². The number of nitrogens with zero attached hydrogens (tertiary/aromatic N) is 1. The van der Waals surface area contributed by atoms with E-state index < -0.39 is 5.97 Å². The molecular formula is C23H19NO4. The minimum atomic E-state index is -0.492. The van der Waals surface area contributed by atoms with E-state index in [1.165, 1.54) is 0 Å². The molecule has 3 aromatic carbocycles. The van der Waals surface area contributed by atoms with Gasteiger partial charge in [-0.15, -0.1) is 0 Å². The maximum atomic E-state index is 12.7. The largest absolute Gasteiger partial charge is 0.497 e. The number of fused-ring (bicyclic) bond motifs is 1. The fraction of sp³-hybridized carbons (Fsp3) is 0.130. The molecule has 0 atom stereocenters. The highest BCUT2D eigenvalue weighted by molar-refractivity contribution is 6.04. The molecule has 140 valence electrons. The van der Waals surface area contributed by atoms with Crippen LogP contribution in [0.4, 0.5) is 0 Å². The summed E-state index contributed by atoms with van der Waals surface area (Å²) in [5.41, 5.74) is 3.71. The normalized spacial score (nSPS) is 14.1. The summed E-state index contributed by atoms with van der Waals surface area (Å²) >= 11 is 0.